The molecule has 0 radical (unpaired) electrons. The molecular weight excluding hydrogens is 382 g/mol. The van der Waals surface area contributed by atoms with E-state index in [9.17, 15) is 5.11 Å². The fourth-order valence-corrected chi connectivity index (χ4v) is 4.19. The van der Waals surface area contributed by atoms with E-state index in [-0.39, 0.29) is 11.8 Å². The molecule has 1 atom stereocenters. The van der Waals surface area contributed by atoms with Crippen molar-refractivity contribution in [1.29, 1.82) is 0 Å². The summed E-state index contributed by atoms with van der Waals surface area (Å²) in [6.07, 6.45) is 9.36. The van der Waals surface area contributed by atoms with Crippen LogP contribution in [0.5, 0.6) is 11.5 Å². The zero-order valence-electron chi connectivity index (χ0n) is 18.4. The summed E-state index contributed by atoms with van der Waals surface area (Å²) in [5.41, 5.74) is 5.90. The number of fused-ring (bicyclic) bond motifs is 1. The number of hydrogen-bond acceptors (Lipinski definition) is 3. The van der Waals surface area contributed by atoms with E-state index in [1.165, 1.54) is 5.56 Å². The largest absolute Gasteiger partial charge is 0.505 e. The first-order chi connectivity index (χ1) is 15.1. The molecule has 0 spiro atoms. The molecule has 1 heterocycles. The maximum atomic E-state index is 11.6. The van der Waals surface area contributed by atoms with Gasteiger partial charge in [-0.15, -0.1) is 0 Å². The van der Waals surface area contributed by atoms with Crippen LogP contribution in [0.1, 0.15) is 25.0 Å². The number of phenols is 1. The highest BCUT2D eigenvalue weighted by atomic mass is 16.5. The lowest BCUT2D eigenvalue weighted by atomic mass is 9.98. The van der Waals surface area contributed by atoms with Crippen molar-refractivity contribution >= 4 is 11.4 Å². The Morgan fingerprint density at radius 1 is 0.968 bits per heavy atom. The van der Waals surface area contributed by atoms with Crippen LogP contribution in [-0.4, -0.2) is 17.8 Å². The fourth-order valence-electron chi connectivity index (χ4n) is 4.19. The maximum Gasteiger partial charge on any atom is 0.147 e. The number of anilines is 2. The normalized spacial score (nSPS) is 17.8. The molecule has 3 nitrogen and oxygen atoms in total. The maximum absolute atomic E-state index is 11.6. The van der Waals surface area contributed by atoms with Gasteiger partial charge in [-0.2, -0.15) is 0 Å². The molecule has 4 rings (SSSR count). The summed E-state index contributed by atoms with van der Waals surface area (Å²) < 4.78 is 5.86. The van der Waals surface area contributed by atoms with Crippen LogP contribution in [0.25, 0.3) is 11.1 Å². The minimum Gasteiger partial charge on any atom is -0.505 e. The van der Waals surface area contributed by atoms with E-state index in [2.05, 4.69) is 73.4 Å². The third-order valence-electron chi connectivity index (χ3n) is 5.60. The summed E-state index contributed by atoms with van der Waals surface area (Å²) in [4.78, 5) is 2.23. The number of para-hydroxylation sites is 2. The zero-order chi connectivity index (χ0) is 21.8. The zero-order valence-corrected chi connectivity index (χ0v) is 18.4. The Morgan fingerprint density at radius 3 is 2.58 bits per heavy atom. The number of rotatable bonds is 4. The third-order valence-corrected chi connectivity index (χ3v) is 5.60. The lowest BCUT2D eigenvalue weighted by molar-refractivity contribution is 0.341. The Labute approximate surface area is 184 Å². The van der Waals surface area contributed by atoms with Gasteiger partial charge in [0.2, 0.25) is 0 Å². The van der Waals surface area contributed by atoms with E-state index in [0.717, 1.165) is 40.2 Å². The molecule has 1 N–H and O–H groups in total. The van der Waals surface area contributed by atoms with Gasteiger partial charge in [0.05, 0.1) is 12.3 Å². The number of aryl methyl sites for hydroxylation is 1. The lowest BCUT2D eigenvalue weighted by Crippen LogP contribution is -2.27. The minimum absolute atomic E-state index is 0.0617. The van der Waals surface area contributed by atoms with Gasteiger partial charge in [-0.3, -0.25) is 0 Å². The van der Waals surface area contributed by atoms with Gasteiger partial charge in [-0.25, -0.2) is 0 Å². The highest BCUT2D eigenvalue weighted by Crippen LogP contribution is 2.45. The van der Waals surface area contributed by atoms with Crippen molar-refractivity contribution in [2.45, 2.75) is 33.2 Å². The van der Waals surface area contributed by atoms with Gasteiger partial charge in [0.1, 0.15) is 11.5 Å². The van der Waals surface area contributed by atoms with Crippen LogP contribution in [-0.2, 0) is 6.42 Å². The molecule has 158 valence electrons. The summed E-state index contributed by atoms with van der Waals surface area (Å²) in [5.74, 6) is 1.04. The highest BCUT2D eigenvalue weighted by Gasteiger charge is 2.24. The summed E-state index contributed by atoms with van der Waals surface area (Å²) in [5, 5.41) is 11.6. The summed E-state index contributed by atoms with van der Waals surface area (Å²) >= 11 is 0. The predicted molar refractivity (Wildman–Crippen MR) is 129 cm³/mol. The van der Waals surface area contributed by atoms with Crippen LogP contribution in [0.2, 0.25) is 0 Å². The van der Waals surface area contributed by atoms with Crippen molar-refractivity contribution in [2.24, 2.45) is 0 Å². The van der Waals surface area contributed by atoms with Crippen LogP contribution < -0.4 is 9.64 Å². The second-order valence-corrected chi connectivity index (χ2v) is 7.87. The molecule has 31 heavy (non-hydrogen) atoms. The first-order valence-electron chi connectivity index (χ1n) is 10.9. The smallest absolute Gasteiger partial charge is 0.147 e. The van der Waals surface area contributed by atoms with Gasteiger partial charge in [0.25, 0.3) is 0 Å². The minimum atomic E-state index is 0.0617. The Hall–Kier alpha value is -3.46. The average Bonchev–Trinajstić information content (AvgIpc) is 2.85. The number of phenolic OH excluding ortho intramolecular Hbond substituents is 1. The predicted octanol–water partition coefficient (Wildman–Crippen LogP) is 6.96. The van der Waals surface area contributed by atoms with Gasteiger partial charge in [0, 0.05) is 22.9 Å². The number of allylic oxidation sites excluding steroid dienone is 3. The Balaban J connectivity index is 1.93. The molecule has 0 bridgehead atoms. The van der Waals surface area contributed by atoms with E-state index in [0.29, 0.717) is 6.61 Å². The van der Waals surface area contributed by atoms with Crippen LogP contribution >= 0.6 is 0 Å². The molecule has 1 aliphatic rings. The molecule has 3 heteroatoms. The monoisotopic (exact) mass is 411 g/mol. The third kappa shape index (κ3) is 4.22. The van der Waals surface area contributed by atoms with E-state index >= 15 is 0 Å². The van der Waals surface area contributed by atoms with Crippen molar-refractivity contribution in [2.75, 3.05) is 11.5 Å². The van der Waals surface area contributed by atoms with Gasteiger partial charge >= 0.3 is 0 Å². The molecule has 3 aromatic carbocycles. The van der Waals surface area contributed by atoms with Crippen LogP contribution in [0.15, 0.2) is 85.0 Å². The van der Waals surface area contributed by atoms with E-state index in [1.807, 2.05) is 37.3 Å². The molecule has 0 amide bonds. The van der Waals surface area contributed by atoms with Gasteiger partial charge in [-0.1, -0.05) is 60.7 Å². The molecule has 1 unspecified atom stereocenters. The Kier molecular flexibility index (Phi) is 6.13. The number of aromatic hydroxyl groups is 1. The topological polar surface area (TPSA) is 32.7 Å². The average molecular weight is 412 g/mol. The summed E-state index contributed by atoms with van der Waals surface area (Å²) in [6.45, 7) is 6.77. The Bertz CT molecular complexity index is 1130. The van der Waals surface area contributed by atoms with E-state index in [4.69, 9.17) is 4.74 Å². The molecule has 0 saturated carbocycles. The second kappa shape index (κ2) is 9.13. The summed E-state index contributed by atoms with van der Waals surface area (Å²) in [6, 6.07) is 20.5. The summed E-state index contributed by atoms with van der Waals surface area (Å²) in [7, 11) is 0. The number of nitrogens with zero attached hydrogens (tertiary/aromatic N) is 1. The van der Waals surface area contributed by atoms with Crippen molar-refractivity contribution < 1.29 is 9.84 Å². The molecular formula is C28H29NO2. The van der Waals surface area contributed by atoms with E-state index in [1.54, 1.807) is 0 Å². The van der Waals surface area contributed by atoms with Crippen molar-refractivity contribution in [1.82, 2.24) is 0 Å². The highest BCUT2D eigenvalue weighted by molar-refractivity contribution is 5.85. The van der Waals surface area contributed by atoms with Gasteiger partial charge < -0.3 is 14.7 Å². The standard InChI is InChI=1S/C28H29NO2/c1-4-31-27-17-11-9-15-23(27)24-18-20(2)19-26(28(24)30)29-21(3)12-6-5-7-13-22-14-8-10-16-25(22)29/h5-12,14-19,21,30H,4,13H2,1-3H3/b7-5-,12-6-. The van der Waals surface area contributed by atoms with Gasteiger partial charge in [-0.05, 0) is 62.6 Å². The van der Waals surface area contributed by atoms with E-state index < -0.39 is 0 Å². The van der Waals surface area contributed by atoms with Crippen molar-refractivity contribution in [3.8, 4) is 22.6 Å². The number of benzene rings is 3. The molecule has 0 fully saturated rings. The first-order valence-corrected chi connectivity index (χ1v) is 10.9. The molecule has 3 aromatic rings. The van der Waals surface area contributed by atoms with Crippen LogP contribution in [0, 0.1) is 6.92 Å². The molecule has 0 aliphatic carbocycles. The van der Waals surface area contributed by atoms with Gasteiger partial charge in [0.15, 0.2) is 0 Å². The van der Waals surface area contributed by atoms with Crippen molar-refractivity contribution in [3.05, 3.63) is 96.1 Å². The fraction of sp³-hybridized carbons (Fsp3) is 0.214. The second-order valence-electron chi connectivity index (χ2n) is 7.87. The Morgan fingerprint density at radius 2 is 1.74 bits per heavy atom. The molecule has 0 saturated heterocycles. The molecule has 1 aliphatic heterocycles. The van der Waals surface area contributed by atoms with Crippen LogP contribution in [0.4, 0.5) is 11.4 Å². The van der Waals surface area contributed by atoms with Crippen LogP contribution in [0.3, 0.4) is 0 Å². The lowest BCUT2D eigenvalue weighted by Gasteiger charge is -2.32. The number of ether oxygens (including phenoxy) is 1. The van der Waals surface area contributed by atoms with Crippen molar-refractivity contribution in [3.63, 3.8) is 0 Å². The SMILES string of the molecule is CCOc1ccccc1-c1cc(C)cc(N2c3ccccc3C/C=C\C=C/C2C)c1O. The quantitative estimate of drug-likeness (QED) is 0.504. The first kappa shape index (κ1) is 20.8. The number of hydrogen-bond donors (Lipinski definition) is 1. The molecule has 0 aromatic heterocycles.